The van der Waals surface area contributed by atoms with Gasteiger partial charge in [0.15, 0.2) is 5.03 Å². The summed E-state index contributed by atoms with van der Waals surface area (Å²) in [5, 5.41) is 1.88. The first-order valence-electron chi connectivity index (χ1n) is 12.3. The van der Waals surface area contributed by atoms with Crippen molar-refractivity contribution < 1.29 is 32.3 Å². The van der Waals surface area contributed by atoms with Crippen molar-refractivity contribution in [3.05, 3.63) is 54.2 Å². The minimum atomic E-state index is -4.57. The predicted molar refractivity (Wildman–Crippen MR) is 147 cm³/mol. The van der Waals surface area contributed by atoms with Crippen LogP contribution in [0.5, 0.6) is 5.75 Å². The summed E-state index contributed by atoms with van der Waals surface area (Å²) >= 11 is 1.26. The molecular weight excluding hydrogens is 544 g/mol. The zero-order valence-electron chi connectivity index (χ0n) is 22.8. The Labute approximate surface area is 233 Å². The number of aromatic nitrogens is 1. The van der Waals surface area contributed by atoms with Crippen molar-refractivity contribution in [3.63, 3.8) is 0 Å². The molecule has 1 aliphatic heterocycles. The number of nitrogens with one attached hydrogen (secondary N) is 1. The van der Waals surface area contributed by atoms with E-state index in [1.807, 2.05) is 13.8 Å². The summed E-state index contributed by atoms with van der Waals surface area (Å²) in [6.45, 7) is 7.08. The van der Waals surface area contributed by atoms with Gasteiger partial charge in [0.1, 0.15) is 17.2 Å². The number of nitrogens with zero attached hydrogens (tertiary/aromatic N) is 3. The van der Waals surface area contributed by atoms with Crippen LogP contribution in [0.25, 0.3) is 0 Å². The number of rotatable bonds is 9. The number of ether oxygens (including phenoxy) is 2. The molecule has 1 aromatic heterocycles. The van der Waals surface area contributed by atoms with Crippen molar-refractivity contribution in [1.82, 2.24) is 19.5 Å². The van der Waals surface area contributed by atoms with Gasteiger partial charge in [-0.05, 0) is 57.5 Å². The zero-order chi connectivity index (χ0) is 29.0. The minimum Gasteiger partial charge on any atom is -0.461 e. The van der Waals surface area contributed by atoms with Gasteiger partial charge in [-0.3, -0.25) is 10.1 Å². The highest BCUT2D eigenvalue weighted by molar-refractivity contribution is 8.01. The minimum absolute atomic E-state index is 0.175. The quantitative estimate of drug-likeness (QED) is 0.443. The number of carbonyl (C=O) groups excluding carboxylic acids is 3. The van der Waals surface area contributed by atoms with E-state index in [4.69, 9.17) is 9.47 Å². The SMILES string of the molecule is CC(C)OC(=O)[C@H](Cc1ccc(OC(=O)N(C)C)cc1)N(C(=O)[C@H]1NC(C)(C)CS1)S(=O)(=O)c1ccccn1. The Balaban J connectivity index is 2.04. The molecule has 0 saturated carbocycles. The second-order valence-electron chi connectivity index (χ2n) is 10.1. The maximum atomic E-state index is 13.9. The highest BCUT2D eigenvalue weighted by Crippen LogP contribution is 2.31. The summed E-state index contributed by atoms with van der Waals surface area (Å²) in [5.41, 5.74) is 0.103. The number of amides is 2. The van der Waals surface area contributed by atoms with Gasteiger partial charge in [0.25, 0.3) is 15.9 Å². The van der Waals surface area contributed by atoms with Crippen molar-refractivity contribution in [2.75, 3.05) is 19.8 Å². The van der Waals surface area contributed by atoms with Crippen molar-refractivity contribution in [2.45, 2.75) is 62.2 Å². The largest absolute Gasteiger partial charge is 0.461 e. The molecule has 39 heavy (non-hydrogen) atoms. The van der Waals surface area contributed by atoms with Crippen LogP contribution in [0.2, 0.25) is 0 Å². The fraction of sp³-hybridized carbons (Fsp3) is 0.462. The molecule has 2 amide bonds. The van der Waals surface area contributed by atoms with Gasteiger partial charge in [-0.15, -0.1) is 11.8 Å². The van der Waals surface area contributed by atoms with Crippen LogP contribution in [-0.2, 0) is 30.8 Å². The summed E-state index contributed by atoms with van der Waals surface area (Å²) in [6.07, 6.45) is 0.00623. The number of pyridine rings is 1. The number of thioether (sulfide) groups is 1. The number of esters is 1. The first-order chi connectivity index (χ1) is 18.2. The van der Waals surface area contributed by atoms with E-state index in [0.29, 0.717) is 15.6 Å². The van der Waals surface area contributed by atoms with Crippen LogP contribution in [0.3, 0.4) is 0 Å². The van der Waals surface area contributed by atoms with Gasteiger partial charge in [-0.2, -0.15) is 8.42 Å². The van der Waals surface area contributed by atoms with E-state index in [2.05, 4.69) is 10.3 Å². The molecule has 2 atom stereocenters. The van der Waals surface area contributed by atoms with Crippen LogP contribution in [0.4, 0.5) is 4.79 Å². The monoisotopic (exact) mass is 578 g/mol. The first kappa shape index (κ1) is 30.4. The summed E-state index contributed by atoms with van der Waals surface area (Å²) in [6, 6.07) is 9.03. The Bertz CT molecular complexity index is 1280. The lowest BCUT2D eigenvalue weighted by Crippen LogP contribution is -2.56. The second-order valence-corrected chi connectivity index (χ2v) is 13.0. The maximum absolute atomic E-state index is 13.9. The fourth-order valence-corrected chi connectivity index (χ4v) is 6.58. The van der Waals surface area contributed by atoms with Crippen LogP contribution >= 0.6 is 11.8 Å². The van der Waals surface area contributed by atoms with Gasteiger partial charge in [0, 0.05) is 38.0 Å². The van der Waals surface area contributed by atoms with Crippen LogP contribution in [0, 0.1) is 0 Å². The zero-order valence-corrected chi connectivity index (χ0v) is 24.4. The Morgan fingerprint density at radius 3 is 2.31 bits per heavy atom. The molecule has 1 N–H and O–H groups in total. The molecule has 0 unspecified atom stereocenters. The van der Waals surface area contributed by atoms with E-state index >= 15 is 0 Å². The van der Waals surface area contributed by atoms with Crippen molar-refractivity contribution in [2.24, 2.45) is 0 Å². The fourth-order valence-electron chi connectivity index (χ4n) is 3.70. The Morgan fingerprint density at radius 2 is 1.79 bits per heavy atom. The molecule has 11 nitrogen and oxygen atoms in total. The van der Waals surface area contributed by atoms with Gasteiger partial charge in [0.2, 0.25) is 0 Å². The van der Waals surface area contributed by atoms with Crippen LogP contribution in [0.15, 0.2) is 53.7 Å². The van der Waals surface area contributed by atoms with Crippen LogP contribution < -0.4 is 10.1 Å². The molecule has 2 heterocycles. The lowest BCUT2D eigenvalue weighted by Gasteiger charge is -2.32. The number of hydrogen-bond acceptors (Lipinski definition) is 10. The standard InChI is InChI=1S/C26H34N4O7S2/c1-17(2)36-24(32)20(15-18-10-12-19(13-11-18)37-25(33)29(5)6)30(23(31)22-28-26(3,4)16-38-22)39(34,35)21-9-7-8-14-27-21/h7-14,17,20,22,28H,15-16H2,1-6H3/t20-,22-/m0/s1. The van der Waals surface area contributed by atoms with Gasteiger partial charge >= 0.3 is 12.1 Å². The molecule has 13 heteroatoms. The first-order valence-corrected chi connectivity index (χ1v) is 14.8. The number of benzene rings is 1. The Hall–Kier alpha value is -3.16. The van der Waals surface area contributed by atoms with Crippen molar-refractivity contribution >= 4 is 39.8 Å². The third-order valence-electron chi connectivity index (χ3n) is 5.56. The summed E-state index contributed by atoms with van der Waals surface area (Å²) < 4.78 is 39.1. The molecule has 1 fully saturated rings. The molecule has 0 aliphatic carbocycles. The topological polar surface area (TPSA) is 135 Å². The molecule has 3 rings (SSSR count). The lowest BCUT2D eigenvalue weighted by molar-refractivity contribution is -0.155. The lowest BCUT2D eigenvalue weighted by atomic mass is 10.1. The predicted octanol–water partition coefficient (Wildman–Crippen LogP) is 2.66. The summed E-state index contributed by atoms with van der Waals surface area (Å²) in [4.78, 5) is 44.4. The molecule has 0 bridgehead atoms. The van der Waals surface area contributed by atoms with E-state index < -0.39 is 51.1 Å². The Morgan fingerprint density at radius 1 is 1.13 bits per heavy atom. The average molecular weight is 579 g/mol. The molecular formula is C26H34N4O7S2. The van der Waals surface area contributed by atoms with Gasteiger partial charge in [0.05, 0.1) is 6.10 Å². The number of sulfonamides is 1. The molecule has 1 saturated heterocycles. The highest BCUT2D eigenvalue weighted by Gasteiger charge is 2.47. The van der Waals surface area contributed by atoms with Crippen LogP contribution in [0.1, 0.15) is 33.3 Å². The molecule has 1 aromatic carbocycles. The molecule has 212 valence electrons. The normalized spacial score (nSPS) is 17.4. The molecule has 1 aliphatic rings. The van der Waals surface area contributed by atoms with Crippen molar-refractivity contribution in [1.29, 1.82) is 0 Å². The van der Waals surface area contributed by atoms with E-state index in [-0.39, 0.29) is 17.2 Å². The number of carbonyl (C=O) groups is 3. The second kappa shape index (κ2) is 12.3. The molecule has 0 radical (unpaired) electrons. The van der Waals surface area contributed by atoms with E-state index in [0.717, 1.165) is 0 Å². The van der Waals surface area contributed by atoms with E-state index in [1.165, 1.54) is 47.1 Å². The molecule has 0 spiro atoms. The van der Waals surface area contributed by atoms with Gasteiger partial charge in [-0.25, -0.2) is 18.9 Å². The molecule has 2 aromatic rings. The van der Waals surface area contributed by atoms with E-state index in [1.54, 1.807) is 46.1 Å². The van der Waals surface area contributed by atoms with Crippen LogP contribution in [-0.4, -0.2) is 83.5 Å². The van der Waals surface area contributed by atoms with E-state index in [9.17, 15) is 22.8 Å². The number of hydrogen-bond donors (Lipinski definition) is 1. The third kappa shape index (κ3) is 7.70. The average Bonchev–Trinajstić information content (AvgIpc) is 3.24. The Kier molecular flexibility index (Phi) is 9.62. The van der Waals surface area contributed by atoms with Gasteiger partial charge in [-0.1, -0.05) is 18.2 Å². The summed E-state index contributed by atoms with van der Waals surface area (Å²) in [5.74, 6) is -0.835. The highest BCUT2D eigenvalue weighted by atomic mass is 32.2. The smallest absolute Gasteiger partial charge is 0.414 e. The van der Waals surface area contributed by atoms with Crippen molar-refractivity contribution in [3.8, 4) is 5.75 Å². The van der Waals surface area contributed by atoms with Gasteiger partial charge < -0.3 is 14.4 Å². The maximum Gasteiger partial charge on any atom is 0.414 e. The third-order valence-corrected chi connectivity index (χ3v) is 8.83. The summed E-state index contributed by atoms with van der Waals surface area (Å²) in [7, 11) is -1.47.